The van der Waals surface area contributed by atoms with Gasteiger partial charge in [0, 0.05) is 25.6 Å². The third-order valence-electron chi connectivity index (χ3n) is 4.36. The molecule has 28 heavy (non-hydrogen) atoms. The highest BCUT2D eigenvalue weighted by atomic mass is 16.5. The Bertz CT molecular complexity index is 830. The number of anilines is 1. The van der Waals surface area contributed by atoms with Gasteiger partial charge in [0.05, 0.1) is 6.61 Å². The summed E-state index contributed by atoms with van der Waals surface area (Å²) in [5.74, 6) is 0.267. The van der Waals surface area contributed by atoms with Crippen LogP contribution in [0.3, 0.4) is 0 Å². The SMILES string of the molecule is COCCOc1ncccc1NC(=O)CC(c1ccccc1)c1ccccc1. The van der Waals surface area contributed by atoms with Crippen molar-refractivity contribution in [3.05, 3.63) is 90.1 Å². The Hall–Kier alpha value is -3.18. The second-order valence-corrected chi connectivity index (χ2v) is 6.32. The molecule has 0 aliphatic heterocycles. The average Bonchev–Trinajstić information content (AvgIpc) is 2.75. The van der Waals surface area contributed by atoms with Crippen molar-refractivity contribution in [2.45, 2.75) is 12.3 Å². The van der Waals surface area contributed by atoms with Crippen LogP contribution >= 0.6 is 0 Å². The molecule has 1 aromatic heterocycles. The van der Waals surface area contributed by atoms with Crippen molar-refractivity contribution < 1.29 is 14.3 Å². The minimum absolute atomic E-state index is 0.0306. The first kappa shape index (κ1) is 19.6. The molecule has 1 amide bonds. The molecule has 0 radical (unpaired) electrons. The Balaban J connectivity index is 1.75. The number of hydrogen-bond acceptors (Lipinski definition) is 4. The fraction of sp³-hybridized carbons (Fsp3) is 0.217. The number of carbonyl (C=O) groups excluding carboxylic acids is 1. The van der Waals surface area contributed by atoms with E-state index in [9.17, 15) is 4.79 Å². The number of nitrogens with zero attached hydrogens (tertiary/aromatic N) is 1. The van der Waals surface area contributed by atoms with Crippen molar-refractivity contribution in [2.24, 2.45) is 0 Å². The topological polar surface area (TPSA) is 60.5 Å². The maximum absolute atomic E-state index is 12.8. The summed E-state index contributed by atoms with van der Waals surface area (Å²) in [4.78, 5) is 17.0. The van der Waals surface area contributed by atoms with Crippen molar-refractivity contribution in [1.82, 2.24) is 4.98 Å². The van der Waals surface area contributed by atoms with E-state index in [4.69, 9.17) is 9.47 Å². The van der Waals surface area contributed by atoms with Gasteiger partial charge in [-0.05, 0) is 23.3 Å². The zero-order valence-electron chi connectivity index (χ0n) is 15.9. The molecule has 3 rings (SSSR count). The predicted molar refractivity (Wildman–Crippen MR) is 110 cm³/mol. The van der Waals surface area contributed by atoms with Crippen LogP contribution in [0.25, 0.3) is 0 Å². The summed E-state index contributed by atoms with van der Waals surface area (Å²) in [5.41, 5.74) is 2.77. The highest BCUT2D eigenvalue weighted by Crippen LogP contribution is 2.29. The molecule has 0 atom stereocenters. The molecule has 5 nitrogen and oxygen atoms in total. The van der Waals surface area contributed by atoms with Crippen LogP contribution in [0.4, 0.5) is 5.69 Å². The van der Waals surface area contributed by atoms with Crippen molar-refractivity contribution in [3.63, 3.8) is 0 Å². The Morgan fingerprint density at radius 2 is 1.57 bits per heavy atom. The van der Waals surface area contributed by atoms with Crippen molar-refractivity contribution in [1.29, 1.82) is 0 Å². The van der Waals surface area contributed by atoms with Crippen LogP contribution in [0.1, 0.15) is 23.5 Å². The van der Waals surface area contributed by atoms with Crippen LogP contribution in [-0.2, 0) is 9.53 Å². The van der Waals surface area contributed by atoms with E-state index < -0.39 is 0 Å². The van der Waals surface area contributed by atoms with Gasteiger partial charge in [-0.25, -0.2) is 4.98 Å². The van der Waals surface area contributed by atoms with Crippen molar-refractivity contribution in [3.8, 4) is 5.88 Å². The monoisotopic (exact) mass is 376 g/mol. The molecule has 0 fully saturated rings. The number of rotatable bonds is 9. The number of ether oxygens (including phenoxy) is 2. The molecule has 0 saturated heterocycles. The molecule has 0 spiro atoms. The van der Waals surface area contributed by atoms with E-state index in [2.05, 4.69) is 10.3 Å². The molecule has 0 unspecified atom stereocenters. The summed E-state index contributed by atoms with van der Waals surface area (Å²) in [7, 11) is 1.61. The first-order valence-corrected chi connectivity index (χ1v) is 9.24. The lowest BCUT2D eigenvalue weighted by Crippen LogP contribution is -2.17. The van der Waals surface area contributed by atoms with Gasteiger partial charge < -0.3 is 14.8 Å². The number of pyridine rings is 1. The van der Waals surface area contributed by atoms with E-state index in [1.807, 2.05) is 60.7 Å². The first-order chi connectivity index (χ1) is 13.8. The largest absolute Gasteiger partial charge is 0.474 e. The van der Waals surface area contributed by atoms with E-state index >= 15 is 0 Å². The lowest BCUT2D eigenvalue weighted by Gasteiger charge is -2.18. The van der Waals surface area contributed by atoms with Gasteiger partial charge in [0.1, 0.15) is 12.3 Å². The highest BCUT2D eigenvalue weighted by molar-refractivity contribution is 5.92. The van der Waals surface area contributed by atoms with Gasteiger partial charge >= 0.3 is 0 Å². The van der Waals surface area contributed by atoms with Crippen LogP contribution in [0, 0.1) is 0 Å². The van der Waals surface area contributed by atoms with E-state index in [1.54, 1.807) is 25.4 Å². The number of hydrogen-bond donors (Lipinski definition) is 1. The van der Waals surface area contributed by atoms with Crippen LogP contribution in [0.2, 0.25) is 0 Å². The standard InChI is InChI=1S/C23H24N2O3/c1-27-15-16-28-23-21(13-8-14-24-23)25-22(26)17-20(18-9-4-2-5-10-18)19-11-6-3-7-12-19/h2-14,20H,15-17H2,1H3,(H,25,26). The molecule has 5 heteroatoms. The second kappa shape index (κ2) is 10.2. The van der Waals surface area contributed by atoms with Crippen LogP contribution < -0.4 is 10.1 Å². The molecule has 144 valence electrons. The Kier molecular flexibility index (Phi) is 7.15. The molecular formula is C23H24N2O3. The maximum atomic E-state index is 12.8. The number of carbonyl (C=O) groups is 1. The quantitative estimate of drug-likeness (QED) is 0.567. The van der Waals surface area contributed by atoms with Gasteiger partial charge in [0.15, 0.2) is 0 Å². The molecular weight excluding hydrogens is 352 g/mol. The Morgan fingerprint density at radius 3 is 2.18 bits per heavy atom. The molecule has 0 bridgehead atoms. The Labute approximate surface area is 165 Å². The third kappa shape index (κ3) is 5.41. The number of methoxy groups -OCH3 is 1. The lowest BCUT2D eigenvalue weighted by atomic mass is 9.88. The molecule has 1 heterocycles. The molecule has 0 aliphatic rings. The van der Waals surface area contributed by atoms with E-state index in [0.717, 1.165) is 11.1 Å². The van der Waals surface area contributed by atoms with Crippen molar-refractivity contribution >= 4 is 11.6 Å². The van der Waals surface area contributed by atoms with Crippen LogP contribution in [0.15, 0.2) is 79.0 Å². The van der Waals surface area contributed by atoms with Crippen LogP contribution in [-0.4, -0.2) is 31.2 Å². The van der Waals surface area contributed by atoms with Gasteiger partial charge in [-0.2, -0.15) is 0 Å². The number of aromatic nitrogens is 1. The third-order valence-corrected chi connectivity index (χ3v) is 4.36. The predicted octanol–water partition coefficient (Wildman–Crippen LogP) is 4.27. The van der Waals surface area contributed by atoms with E-state index in [0.29, 0.717) is 31.2 Å². The average molecular weight is 376 g/mol. The number of benzene rings is 2. The Morgan fingerprint density at radius 1 is 0.929 bits per heavy atom. The minimum Gasteiger partial charge on any atom is -0.474 e. The van der Waals surface area contributed by atoms with Gasteiger partial charge in [-0.15, -0.1) is 0 Å². The van der Waals surface area contributed by atoms with Gasteiger partial charge in [-0.3, -0.25) is 4.79 Å². The fourth-order valence-electron chi connectivity index (χ4n) is 3.01. The molecule has 0 aliphatic carbocycles. The summed E-state index contributed by atoms with van der Waals surface area (Å²) in [6, 6.07) is 23.7. The van der Waals surface area contributed by atoms with Crippen LogP contribution in [0.5, 0.6) is 5.88 Å². The molecule has 0 saturated carbocycles. The number of nitrogens with one attached hydrogen (secondary N) is 1. The number of amides is 1. The lowest BCUT2D eigenvalue weighted by molar-refractivity contribution is -0.116. The van der Waals surface area contributed by atoms with E-state index in [1.165, 1.54) is 0 Å². The molecule has 1 N–H and O–H groups in total. The summed E-state index contributed by atoms with van der Waals surface area (Å²) in [5, 5.41) is 2.94. The zero-order chi connectivity index (χ0) is 19.6. The van der Waals surface area contributed by atoms with Gasteiger partial charge in [0.25, 0.3) is 0 Å². The summed E-state index contributed by atoms with van der Waals surface area (Å²) >= 11 is 0. The summed E-state index contributed by atoms with van der Waals surface area (Å²) < 4.78 is 10.6. The first-order valence-electron chi connectivity index (χ1n) is 9.24. The summed E-state index contributed by atoms with van der Waals surface area (Å²) in [6.45, 7) is 0.821. The highest BCUT2D eigenvalue weighted by Gasteiger charge is 2.19. The van der Waals surface area contributed by atoms with Gasteiger partial charge in [-0.1, -0.05) is 60.7 Å². The fourth-order valence-corrected chi connectivity index (χ4v) is 3.01. The van der Waals surface area contributed by atoms with Crippen molar-refractivity contribution in [2.75, 3.05) is 25.6 Å². The van der Waals surface area contributed by atoms with E-state index in [-0.39, 0.29) is 11.8 Å². The smallest absolute Gasteiger partial charge is 0.237 e. The normalized spacial score (nSPS) is 10.6. The summed E-state index contributed by atoms with van der Waals surface area (Å²) in [6.07, 6.45) is 1.95. The second-order valence-electron chi connectivity index (χ2n) is 6.32. The molecule has 2 aromatic carbocycles. The molecule has 3 aromatic rings. The van der Waals surface area contributed by atoms with Gasteiger partial charge in [0.2, 0.25) is 11.8 Å². The maximum Gasteiger partial charge on any atom is 0.237 e. The zero-order valence-corrected chi connectivity index (χ0v) is 15.9. The minimum atomic E-state index is -0.0951.